The highest BCUT2D eigenvalue weighted by Crippen LogP contribution is 2.29. The highest BCUT2D eigenvalue weighted by Gasteiger charge is 2.15. The van der Waals surface area contributed by atoms with Crippen LogP contribution in [0, 0.1) is 11.6 Å². The number of hydrogen-bond donors (Lipinski definition) is 1. The number of benzene rings is 2. The summed E-state index contributed by atoms with van der Waals surface area (Å²) < 4.78 is 26.8. The van der Waals surface area contributed by atoms with Crippen LogP contribution < -0.4 is 10.2 Å². The molecule has 4 rings (SSSR count). The third-order valence-electron chi connectivity index (χ3n) is 5.12. The van der Waals surface area contributed by atoms with E-state index in [4.69, 9.17) is 4.98 Å². The van der Waals surface area contributed by atoms with Gasteiger partial charge in [-0.3, -0.25) is 9.78 Å². The van der Waals surface area contributed by atoms with Crippen molar-refractivity contribution in [3.63, 3.8) is 0 Å². The Balaban J connectivity index is 1.62. The van der Waals surface area contributed by atoms with E-state index < -0.39 is 0 Å². The van der Waals surface area contributed by atoms with E-state index in [2.05, 4.69) is 10.3 Å². The fraction of sp³-hybridized carbons (Fsp3) is 0.115. The van der Waals surface area contributed by atoms with Gasteiger partial charge in [0, 0.05) is 24.5 Å². The summed E-state index contributed by atoms with van der Waals surface area (Å²) >= 11 is 0. The fourth-order valence-corrected chi connectivity index (χ4v) is 3.48. The van der Waals surface area contributed by atoms with Gasteiger partial charge in [-0.15, -0.1) is 0 Å². The number of carbonyl (C=O) groups excluding carboxylic acids is 1. The van der Waals surface area contributed by atoms with Gasteiger partial charge in [-0.05, 0) is 72.1 Å². The zero-order valence-corrected chi connectivity index (χ0v) is 17.8. The zero-order chi connectivity index (χ0) is 23.0. The van der Waals surface area contributed by atoms with Gasteiger partial charge in [-0.2, -0.15) is 0 Å². The summed E-state index contributed by atoms with van der Waals surface area (Å²) in [6, 6.07) is 19.8. The maximum absolute atomic E-state index is 13.5. The molecule has 0 radical (unpaired) electrons. The summed E-state index contributed by atoms with van der Waals surface area (Å²) in [4.78, 5) is 22.3. The molecule has 2 aromatic carbocycles. The maximum Gasteiger partial charge on any atom is 0.214 e. The maximum atomic E-state index is 13.5. The summed E-state index contributed by atoms with van der Waals surface area (Å²) in [5.41, 5.74) is 3.71. The Labute approximate surface area is 190 Å². The van der Waals surface area contributed by atoms with Crippen LogP contribution in [0.1, 0.15) is 11.1 Å². The van der Waals surface area contributed by atoms with Crippen molar-refractivity contribution in [1.29, 1.82) is 0 Å². The number of nitrogens with zero attached hydrogens (tertiary/aromatic N) is 3. The topological polar surface area (TPSA) is 58.1 Å². The minimum atomic E-state index is -0.326. The van der Waals surface area contributed by atoms with Crippen LogP contribution in [0.2, 0.25) is 0 Å². The Morgan fingerprint density at radius 1 is 0.909 bits per heavy atom. The lowest BCUT2D eigenvalue weighted by Gasteiger charge is -2.21. The number of aromatic nitrogens is 2. The van der Waals surface area contributed by atoms with E-state index in [1.807, 2.05) is 18.2 Å². The van der Waals surface area contributed by atoms with Gasteiger partial charge in [0.15, 0.2) is 5.82 Å². The molecule has 1 N–H and O–H groups in total. The Kier molecular flexibility index (Phi) is 6.99. The molecule has 0 unspecified atom stereocenters. The molecule has 0 atom stereocenters. The first-order valence-electron chi connectivity index (χ1n) is 10.5. The average molecular weight is 444 g/mol. The molecule has 0 saturated heterocycles. The molecular formula is C26H22F2N4O. The summed E-state index contributed by atoms with van der Waals surface area (Å²) in [6.07, 6.45) is 4.70. The van der Waals surface area contributed by atoms with Crippen LogP contribution in [0.5, 0.6) is 0 Å². The molecular weight excluding hydrogens is 422 g/mol. The van der Waals surface area contributed by atoms with Crippen LogP contribution in [0.25, 0.3) is 11.3 Å². The molecule has 166 valence electrons. The van der Waals surface area contributed by atoms with Crippen LogP contribution >= 0.6 is 0 Å². The standard InChI is InChI=1S/C26H22F2N4O/c27-22-8-6-21(7-9-22)24-10-11-25(32(18-33)17-20-4-2-13-29-16-20)26(31-24)30-14-12-19-3-1-5-23(28)15-19/h1-11,13,15-16,18H,12,14,17H2,(H,30,31). The summed E-state index contributed by atoms with van der Waals surface area (Å²) in [5, 5.41) is 3.28. The van der Waals surface area contributed by atoms with E-state index >= 15 is 0 Å². The molecule has 2 aromatic heterocycles. The molecule has 5 nitrogen and oxygen atoms in total. The number of carbonyl (C=O) groups is 1. The van der Waals surface area contributed by atoms with E-state index in [0.717, 1.165) is 23.1 Å². The molecule has 2 heterocycles. The highest BCUT2D eigenvalue weighted by molar-refractivity contribution is 5.83. The monoisotopic (exact) mass is 444 g/mol. The van der Waals surface area contributed by atoms with Gasteiger partial charge in [0.25, 0.3) is 0 Å². The van der Waals surface area contributed by atoms with Crippen molar-refractivity contribution < 1.29 is 13.6 Å². The Hall–Kier alpha value is -4.13. The molecule has 4 aromatic rings. The van der Waals surface area contributed by atoms with Crippen LogP contribution in [-0.2, 0) is 17.8 Å². The number of hydrogen-bond acceptors (Lipinski definition) is 4. The third-order valence-corrected chi connectivity index (χ3v) is 5.12. The Bertz CT molecular complexity index is 1220. The number of pyridine rings is 2. The van der Waals surface area contributed by atoms with Crippen LogP contribution in [0.15, 0.2) is 85.2 Å². The number of amides is 1. The van der Waals surface area contributed by atoms with Crippen molar-refractivity contribution in [2.45, 2.75) is 13.0 Å². The summed E-state index contributed by atoms with van der Waals surface area (Å²) in [7, 11) is 0. The number of rotatable bonds is 9. The Morgan fingerprint density at radius 3 is 2.45 bits per heavy atom. The normalized spacial score (nSPS) is 10.6. The molecule has 0 spiro atoms. The highest BCUT2D eigenvalue weighted by atomic mass is 19.1. The van der Waals surface area contributed by atoms with Gasteiger partial charge in [-0.25, -0.2) is 13.8 Å². The SMILES string of the molecule is O=CN(Cc1cccnc1)c1ccc(-c2ccc(F)cc2)nc1NCCc1cccc(F)c1. The second-order valence-corrected chi connectivity index (χ2v) is 7.47. The van der Waals surface area contributed by atoms with Crippen molar-refractivity contribution in [3.8, 4) is 11.3 Å². The number of halogens is 2. The largest absolute Gasteiger partial charge is 0.368 e. The van der Waals surface area contributed by atoms with Gasteiger partial charge >= 0.3 is 0 Å². The van der Waals surface area contributed by atoms with E-state index in [9.17, 15) is 13.6 Å². The van der Waals surface area contributed by atoms with Crippen LogP contribution in [0.3, 0.4) is 0 Å². The average Bonchev–Trinajstić information content (AvgIpc) is 2.84. The lowest BCUT2D eigenvalue weighted by atomic mass is 10.1. The van der Waals surface area contributed by atoms with Gasteiger partial charge in [0.05, 0.1) is 17.9 Å². The molecule has 0 aliphatic rings. The van der Waals surface area contributed by atoms with Crippen molar-refractivity contribution in [1.82, 2.24) is 9.97 Å². The van der Waals surface area contributed by atoms with Crippen molar-refractivity contribution >= 4 is 17.9 Å². The molecule has 0 fully saturated rings. The smallest absolute Gasteiger partial charge is 0.214 e. The lowest BCUT2D eigenvalue weighted by Crippen LogP contribution is -2.23. The van der Waals surface area contributed by atoms with Crippen LogP contribution in [-0.4, -0.2) is 22.9 Å². The second-order valence-electron chi connectivity index (χ2n) is 7.47. The van der Waals surface area contributed by atoms with Gasteiger partial charge in [0.2, 0.25) is 6.41 Å². The first-order valence-corrected chi connectivity index (χ1v) is 10.5. The Morgan fingerprint density at radius 2 is 1.73 bits per heavy atom. The predicted octanol–water partition coefficient (Wildman–Crippen LogP) is 5.24. The van der Waals surface area contributed by atoms with E-state index in [-0.39, 0.29) is 11.6 Å². The molecule has 33 heavy (non-hydrogen) atoms. The minimum Gasteiger partial charge on any atom is -0.368 e. The van der Waals surface area contributed by atoms with Crippen molar-refractivity contribution in [2.75, 3.05) is 16.8 Å². The molecule has 0 aliphatic heterocycles. The zero-order valence-electron chi connectivity index (χ0n) is 17.8. The van der Waals surface area contributed by atoms with Crippen molar-refractivity contribution in [2.24, 2.45) is 0 Å². The number of nitrogens with one attached hydrogen (secondary N) is 1. The number of anilines is 2. The predicted molar refractivity (Wildman–Crippen MR) is 125 cm³/mol. The quantitative estimate of drug-likeness (QED) is 0.359. The third kappa shape index (κ3) is 5.77. The second kappa shape index (κ2) is 10.5. The lowest BCUT2D eigenvalue weighted by molar-refractivity contribution is -0.107. The fourth-order valence-electron chi connectivity index (χ4n) is 3.48. The minimum absolute atomic E-state index is 0.284. The van der Waals surface area contributed by atoms with Crippen LogP contribution in [0.4, 0.5) is 20.3 Å². The summed E-state index contributed by atoms with van der Waals surface area (Å²) in [6.45, 7) is 0.809. The van der Waals surface area contributed by atoms with Gasteiger partial charge < -0.3 is 10.2 Å². The molecule has 0 aliphatic carbocycles. The molecule has 0 bridgehead atoms. The first-order chi connectivity index (χ1) is 16.1. The van der Waals surface area contributed by atoms with Crippen molar-refractivity contribution in [3.05, 3.63) is 108 Å². The van der Waals surface area contributed by atoms with Gasteiger partial charge in [0.1, 0.15) is 11.6 Å². The van der Waals surface area contributed by atoms with E-state index in [1.54, 1.807) is 47.6 Å². The summed E-state index contributed by atoms with van der Waals surface area (Å²) in [5.74, 6) is -0.107. The first kappa shape index (κ1) is 22.1. The van der Waals surface area contributed by atoms with E-state index in [1.165, 1.54) is 24.3 Å². The molecule has 0 saturated carbocycles. The van der Waals surface area contributed by atoms with Gasteiger partial charge in [-0.1, -0.05) is 18.2 Å². The van der Waals surface area contributed by atoms with E-state index in [0.29, 0.717) is 36.7 Å². The molecule has 1 amide bonds. The molecule has 7 heteroatoms.